The third kappa shape index (κ3) is 3.22. The van der Waals surface area contributed by atoms with Gasteiger partial charge in [0.05, 0.1) is 14.7 Å². The monoisotopic (exact) mass is 304 g/mol. The van der Waals surface area contributed by atoms with Gasteiger partial charge in [-0.3, -0.25) is 11.3 Å². The average molecular weight is 305 g/mol. The number of benzene rings is 1. The maximum Gasteiger partial charge on any atom is 0.123 e. The average Bonchev–Trinajstić information content (AvgIpc) is 2.65. The summed E-state index contributed by atoms with van der Waals surface area (Å²) in [6.45, 7) is 0. The molecule has 0 amide bonds. The van der Waals surface area contributed by atoms with Gasteiger partial charge in [-0.1, -0.05) is 35.3 Å². The van der Waals surface area contributed by atoms with Crippen molar-refractivity contribution in [3.05, 3.63) is 55.9 Å². The highest BCUT2D eigenvalue weighted by atomic mass is 35.5. The number of rotatable bonds is 4. The molecule has 0 fully saturated rings. The first kappa shape index (κ1) is 13.8. The first-order valence-electron chi connectivity index (χ1n) is 5.25. The quantitative estimate of drug-likeness (QED) is 0.663. The number of nitrogens with one attached hydrogen (secondary N) is 1. The second-order valence-corrected chi connectivity index (χ2v) is 6.12. The van der Waals surface area contributed by atoms with Crippen LogP contribution in [0.5, 0.6) is 0 Å². The molecule has 6 heteroatoms. The van der Waals surface area contributed by atoms with Gasteiger partial charge in [-0.05, 0) is 30.2 Å². The number of hydrogen-bond donors (Lipinski definition) is 2. The molecule has 0 saturated heterocycles. The van der Waals surface area contributed by atoms with Crippen molar-refractivity contribution in [2.24, 2.45) is 5.84 Å². The van der Waals surface area contributed by atoms with Gasteiger partial charge in [0.1, 0.15) is 5.82 Å². The van der Waals surface area contributed by atoms with Crippen LogP contribution in [0.15, 0.2) is 30.3 Å². The summed E-state index contributed by atoms with van der Waals surface area (Å²) < 4.78 is 14.3. The Morgan fingerprint density at radius 2 is 2.11 bits per heavy atom. The second kappa shape index (κ2) is 5.99. The Labute approximate surface area is 118 Å². The van der Waals surface area contributed by atoms with E-state index in [0.29, 0.717) is 15.1 Å². The number of hydrazine groups is 1. The molecule has 96 valence electrons. The summed E-state index contributed by atoms with van der Waals surface area (Å²) in [5.74, 6) is 5.26. The lowest BCUT2D eigenvalue weighted by Gasteiger charge is -2.15. The molecule has 0 aliphatic carbocycles. The summed E-state index contributed by atoms with van der Waals surface area (Å²) in [4.78, 5) is 0. The lowest BCUT2D eigenvalue weighted by molar-refractivity contribution is 0.550. The molecule has 0 aliphatic heterocycles. The molecular formula is C12H11Cl2FN2S. The van der Waals surface area contributed by atoms with Gasteiger partial charge >= 0.3 is 0 Å². The molecule has 0 radical (unpaired) electrons. The Bertz CT molecular complexity index is 545. The first-order chi connectivity index (χ1) is 8.60. The van der Waals surface area contributed by atoms with Crippen molar-refractivity contribution in [2.75, 3.05) is 0 Å². The van der Waals surface area contributed by atoms with E-state index in [1.54, 1.807) is 12.1 Å². The molecule has 2 rings (SSSR count). The Balaban J connectivity index is 2.22. The van der Waals surface area contributed by atoms with Crippen LogP contribution in [-0.4, -0.2) is 0 Å². The molecule has 0 bridgehead atoms. The zero-order valence-electron chi connectivity index (χ0n) is 9.29. The second-order valence-electron chi connectivity index (χ2n) is 3.83. The van der Waals surface area contributed by atoms with Crippen LogP contribution in [0.25, 0.3) is 0 Å². The molecular weight excluding hydrogens is 294 g/mol. The van der Waals surface area contributed by atoms with E-state index < -0.39 is 0 Å². The van der Waals surface area contributed by atoms with Gasteiger partial charge in [0, 0.05) is 5.56 Å². The number of thiophene rings is 1. The van der Waals surface area contributed by atoms with E-state index in [2.05, 4.69) is 5.43 Å². The Hall–Kier alpha value is -0.650. The minimum Gasteiger partial charge on any atom is -0.271 e. The Morgan fingerprint density at radius 3 is 2.67 bits per heavy atom. The molecule has 18 heavy (non-hydrogen) atoms. The van der Waals surface area contributed by atoms with Crippen molar-refractivity contribution in [3.63, 3.8) is 0 Å². The van der Waals surface area contributed by atoms with E-state index in [0.717, 1.165) is 11.1 Å². The Morgan fingerprint density at radius 1 is 1.33 bits per heavy atom. The van der Waals surface area contributed by atoms with E-state index in [-0.39, 0.29) is 11.9 Å². The number of hydrogen-bond acceptors (Lipinski definition) is 3. The smallest absolute Gasteiger partial charge is 0.123 e. The van der Waals surface area contributed by atoms with Gasteiger partial charge < -0.3 is 0 Å². The van der Waals surface area contributed by atoms with Crippen LogP contribution in [0.4, 0.5) is 4.39 Å². The van der Waals surface area contributed by atoms with Gasteiger partial charge in [-0.25, -0.2) is 4.39 Å². The van der Waals surface area contributed by atoms with Gasteiger partial charge in [-0.2, -0.15) is 0 Å². The van der Waals surface area contributed by atoms with Gasteiger partial charge in [0.25, 0.3) is 0 Å². The maximum absolute atomic E-state index is 13.1. The molecule has 1 aromatic carbocycles. The van der Waals surface area contributed by atoms with Gasteiger partial charge in [-0.15, -0.1) is 11.3 Å². The van der Waals surface area contributed by atoms with Crippen LogP contribution in [0, 0.1) is 5.82 Å². The third-order valence-corrected chi connectivity index (χ3v) is 4.11. The van der Waals surface area contributed by atoms with Crippen molar-refractivity contribution in [1.29, 1.82) is 0 Å². The van der Waals surface area contributed by atoms with Gasteiger partial charge in [0.15, 0.2) is 0 Å². The van der Waals surface area contributed by atoms with Crippen LogP contribution in [0.2, 0.25) is 8.67 Å². The van der Waals surface area contributed by atoms with Crippen LogP contribution in [0.3, 0.4) is 0 Å². The highest BCUT2D eigenvalue weighted by molar-refractivity contribution is 7.20. The normalized spacial score (nSPS) is 12.7. The molecule has 1 unspecified atom stereocenters. The maximum atomic E-state index is 13.1. The minimum absolute atomic E-state index is 0.192. The fraction of sp³-hybridized carbons (Fsp3) is 0.167. The molecule has 0 spiro atoms. The van der Waals surface area contributed by atoms with E-state index in [1.165, 1.54) is 23.5 Å². The molecule has 1 atom stereocenters. The van der Waals surface area contributed by atoms with Crippen LogP contribution < -0.4 is 11.3 Å². The standard InChI is InChI=1S/C12H11Cl2FN2S/c13-11-6-9(12(14)18-11)10(17-16)5-7-2-1-3-8(15)4-7/h1-4,6,10,17H,5,16H2. The molecule has 0 aliphatic rings. The third-order valence-electron chi connectivity index (χ3n) is 2.59. The molecule has 2 nitrogen and oxygen atoms in total. The Kier molecular flexibility index (Phi) is 4.59. The summed E-state index contributed by atoms with van der Waals surface area (Å²) in [6.07, 6.45) is 0.543. The predicted octanol–water partition coefficient (Wildman–Crippen LogP) is 3.94. The summed E-state index contributed by atoms with van der Waals surface area (Å²) >= 11 is 13.3. The van der Waals surface area contributed by atoms with E-state index in [9.17, 15) is 4.39 Å². The zero-order chi connectivity index (χ0) is 13.1. The van der Waals surface area contributed by atoms with E-state index in [1.807, 2.05) is 6.07 Å². The van der Waals surface area contributed by atoms with Gasteiger partial charge in [0.2, 0.25) is 0 Å². The number of halogens is 3. The van der Waals surface area contributed by atoms with Crippen LogP contribution in [-0.2, 0) is 6.42 Å². The highest BCUT2D eigenvalue weighted by Gasteiger charge is 2.17. The van der Waals surface area contributed by atoms with Crippen molar-refractivity contribution in [1.82, 2.24) is 5.43 Å². The topological polar surface area (TPSA) is 38.0 Å². The first-order valence-corrected chi connectivity index (χ1v) is 6.82. The molecule has 1 aromatic heterocycles. The molecule has 2 aromatic rings. The van der Waals surface area contributed by atoms with E-state index >= 15 is 0 Å². The fourth-order valence-corrected chi connectivity index (χ4v) is 3.33. The number of nitrogens with two attached hydrogens (primary N) is 1. The van der Waals surface area contributed by atoms with Crippen LogP contribution >= 0.6 is 34.5 Å². The minimum atomic E-state index is -0.266. The zero-order valence-corrected chi connectivity index (χ0v) is 11.6. The summed E-state index contributed by atoms with van der Waals surface area (Å²) in [6, 6.07) is 7.98. The molecule has 0 saturated carbocycles. The van der Waals surface area contributed by atoms with Crippen LogP contribution in [0.1, 0.15) is 17.2 Å². The lowest BCUT2D eigenvalue weighted by Crippen LogP contribution is -2.29. The van der Waals surface area contributed by atoms with Crippen molar-refractivity contribution < 1.29 is 4.39 Å². The van der Waals surface area contributed by atoms with E-state index in [4.69, 9.17) is 29.0 Å². The predicted molar refractivity (Wildman–Crippen MR) is 74.5 cm³/mol. The lowest BCUT2D eigenvalue weighted by atomic mass is 10.0. The fourth-order valence-electron chi connectivity index (χ4n) is 1.75. The molecule has 3 N–H and O–H groups in total. The molecule has 1 heterocycles. The SMILES string of the molecule is NNC(Cc1cccc(F)c1)c1cc(Cl)sc1Cl. The van der Waals surface area contributed by atoms with Crippen molar-refractivity contribution in [2.45, 2.75) is 12.5 Å². The highest BCUT2D eigenvalue weighted by Crippen LogP contribution is 2.35. The van der Waals surface area contributed by atoms with Crippen molar-refractivity contribution >= 4 is 34.5 Å². The summed E-state index contributed by atoms with van der Waals surface area (Å²) in [7, 11) is 0. The summed E-state index contributed by atoms with van der Waals surface area (Å²) in [5.41, 5.74) is 4.36. The largest absolute Gasteiger partial charge is 0.271 e. The summed E-state index contributed by atoms with van der Waals surface area (Å²) in [5, 5.41) is 0. The van der Waals surface area contributed by atoms with Crippen molar-refractivity contribution in [3.8, 4) is 0 Å².